The first-order valence-corrected chi connectivity index (χ1v) is 6.12. The van der Waals surface area contributed by atoms with Crippen LogP contribution in [0.2, 0.25) is 0 Å². The lowest BCUT2D eigenvalue weighted by Crippen LogP contribution is -2.06. The molecule has 0 spiro atoms. The van der Waals surface area contributed by atoms with Gasteiger partial charge in [0.2, 0.25) is 0 Å². The fraction of sp³-hybridized carbons (Fsp3) is 0.154. The lowest BCUT2D eigenvalue weighted by Gasteiger charge is -2.08. The number of pyridine rings is 1. The van der Waals surface area contributed by atoms with Crippen molar-refractivity contribution in [2.24, 2.45) is 0 Å². The molecule has 0 bridgehead atoms. The van der Waals surface area contributed by atoms with E-state index in [1.165, 1.54) is 6.07 Å². The molecule has 0 unspecified atom stereocenters. The second-order valence-corrected chi connectivity index (χ2v) is 4.68. The Kier molecular flexibility index (Phi) is 4.12. The van der Waals surface area contributed by atoms with Gasteiger partial charge in [-0.2, -0.15) is 0 Å². The molecular weight excluding hydrogens is 235 g/mol. The Morgan fingerprint density at radius 1 is 1.24 bits per heavy atom. The summed E-state index contributed by atoms with van der Waals surface area (Å²) in [5.41, 5.74) is 0.967. The van der Waals surface area contributed by atoms with Crippen LogP contribution in [-0.4, -0.2) is 12.0 Å². The summed E-state index contributed by atoms with van der Waals surface area (Å²) >= 11 is 1.62. The van der Waals surface area contributed by atoms with E-state index < -0.39 is 0 Å². The molecule has 88 valence electrons. The van der Waals surface area contributed by atoms with E-state index in [4.69, 9.17) is 0 Å². The molecule has 1 aromatic heterocycles. The van der Waals surface area contributed by atoms with Gasteiger partial charge in [-0.15, -0.1) is 0 Å². The Hall–Kier alpha value is -1.39. The fourth-order valence-corrected chi connectivity index (χ4v) is 2.42. The lowest BCUT2D eigenvalue weighted by molar-refractivity contribution is 0.621. The van der Waals surface area contributed by atoms with E-state index in [2.05, 4.69) is 10.3 Å². The zero-order valence-corrected chi connectivity index (χ0v) is 10.3. The molecule has 0 atom stereocenters. The van der Waals surface area contributed by atoms with Gasteiger partial charge in [-0.1, -0.05) is 11.8 Å². The van der Waals surface area contributed by atoms with Crippen LogP contribution in [0.5, 0.6) is 0 Å². The average Bonchev–Trinajstić information content (AvgIpc) is 2.34. The minimum absolute atomic E-state index is 0.200. The molecule has 0 aliphatic rings. The highest BCUT2D eigenvalue weighted by Crippen LogP contribution is 2.30. The Bertz CT molecular complexity index is 488. The summed E-state index contributed by atoms with van der Waals surface area (Å²) in [4.78, 5) is 6.14. The van der Waals surface area contributed by atoms with Crippen LogP contribution in [0.4, 0.5) is 4.39 Å². The largest absolute Gasteiger partial charge is 0.316 e. The van der Waals surface area contributed by atoms with Crippen LogP contribution in [0.3, 0.4) is 0 Å². The number of nitrogens with zero attached hydrogens (tertiary/aromatic N) is 1. The third kappa shape index (κ3) is 3.28. The Morgan fingerprint density at radius 3 is 2.71 bits per heavy atom. The molecular formula is C13H13FN2S. The van der Waals surface area contributed by atoms with Crippen LogP contribution in [0.25, 0.3) is 0 Å². The van der Waals surface area contributed by atoms with Gasteiger partial charge in [-0.05, 0) is 42.9 Å². The van der Waals surface area contributed by atoms with Crippen molar-refractivity contribution >= 4 is 11.8 Å². The molecule has 0 radical (unpaired) electrons. The highest BCUT2D eigenvalue weighted by molar-refractivity contribution is 7.99. The molecule has 17 heavy (non-hydrogen) atoms. The quantitative estimate of drug-likeness (QED) is 0.900. The molecule has 0 saturated carbocycles. The third-order valence-corrected chi connectivity index (χ3v) is 3.39. The van der Waals surface area contributed by atoms with Crippen molar-refractivity contribution in [2.75, 3.05) is 7.05 Å². The topological polar surface area (TPSA) is 24.9 Å². The van der Waals surface area contributed by atoms with Gasteiger partial charge >= 0.3 is 0 Å². The van der Waals surface area contributed by atoms with Crippen molar-refractivity contribution in [1.29, 1.82) is 0 Å². The Balaban J connectivity index is 2.26. The number of hydrogen-bond acceptors (Lipinski definition) is 3. The number of benzene rings is 1. The maximum Gasteiger partial charge on any atom is 0.123 e. The number of halogens is 1. The van der Waals surface area contributed by atoms with Gasteiger partial charge < -0.3 is 5.32 Å². The molecule has 0 aliphatic carbocycles. The van der Waals surface area contributed by atoms with Crippen molar-refractivity contribution in [1.82, 2.24) is 10.3 Å². The first-order chi connectivity index (χ1) is 8.29. The normalized spacial score (nSPS) is 10.5. The summed E-state index contributed by atoms with van der Waals surface area (Å²) in [5, 5.41) is 3.05. The van der Waals surface area contributed by atoms with Gasteiger partial charge in [0, 0.05) is 28.7 Å². The van der Waals surface area contributed by atoms with Crippen LogP contribution in [0, 0.1) is 5.82 Å². The molecule has 2 nitrogen and oxygen atoms in total. The lowest BCUT2D eigenvalue weighted by atomic mass is 10.2. The Morgan fingerprint density at radius 2 is 2.00 bits per heavy atom. The predicted octanol–water partition coefficient (Wildman–Crippen LogP) is 3.09. The number of rotatable bonds is 4. The predicted molar refractivity (Wildman–Crippen MR) is 67.5 cm³/mol. The number of nitrogens with one attached hydrogen (secondary N) is 1. The first-order valence-electron chi connectivity index (χ1n) is 5.30. The van der Waals surface area contributed by atoms with Gasteiger partial charge in [-0.25, -0.2) is 4.39 Å². The first kappa shape index (κ1) is 12.1. The number of hydrogen-bond donors (Lipinski definition) is 1. The van der Waals surface area contributed by atoms with Crippen molar-refractivity contribution < 1.29 is 4.39 Å². The van der Waals surface area contributed by atoms with E-state index in [1.54, 1.807) is 30.2 Å². The standard InChI is InChI=1S/C13H13FN2S/c1-15-9-10-8-11(14)2-3-13(10)17-12-4-6-16-7-5-12/h2-8,15H,9H2,1H3. The smallest absolute Gasteiger partial charge is 0.123 e. The molecule has 2 aromatic rings. The Labute approximate surface area is 104 Å². The summed E-state index contributed by atoms with van der Waals surface area (Å²) in [6.45, 7) is 0.658. The molecule has 0 aliphatic heterocycles. The zero-order chi connectivity index (χ0) is 12.1. The van der Waals surface area contributed by atoms with Crippen LogP contribution in [-0.2, 0) is 6.54 Å². The van der Waals surface area contributed by atoms with Gasteiger partial charge in [-0.3, -0.25) is 4.98 Å². The van der Waals surface area contributed by atoms with Crippen molar-refractivity contribution in [3.63, 3.8) is 0 Å². The van der Waals surface area contributed by atoms with Crippen molar-refractivity contribution in [2.45, 2.75) is 16.3 Å². The van der Waals surface area contributed by atoms with Crippen molar-refractivity contribution in [3.8, 4) is 0 Å². The van der Waals surface area contributed by atoms with Gasteiger partial charge in [0.25, 0.3) is 0 Å². The summed E-state index contributed by atoms with van der Waals surface area (Å²) < 4.78 is 13.2. The molecule has 1 aromatic carbocycles. The second-order valence-electron chi connectivity index (χ2n) is 3.57. The van der Waals surface area contributed by atoms with E-state index >= 15 is 0 Å². The highest BCUT2D eigenvalue weighted by atomic mass is 32.2. The molecule has 4 heteroatoms. The summed E-state index contributed by atoms with van der Waals surface area (Å²) in [6, 6.07) is 8.75. The van der Waals surface area contributed by atoms with Gasteiger partial charge in [0.15, 0.2) is 0 Å². The SMILES string of the molecule is CNCc1cc(F)ccc1Sc1ccncc1. The molecule has 0 amide bonds. The van der Waals surface area contributed by atoms with E-state index in [0.29, 0.717) is 6.54 Å². The molecule has 2 rings (SSSR count). The minimum Gasteiger partial charge on any atom is -0.316 e. The van der Waals surface area contributed by atoms with Crippen molar-refractivity contribution in [3.05, 3.63) is 54.1 Å². The summed E-state index contributed by atoms with van der Waals surface area (Å²) in [7, 11) is 1.85. The molecule has 1 N–H and O–H groups in total. The monoisotopic (exact) mass is 248 g/mol. The van der Waals surface area contributed by atoms with Crippen LogP contribution >= 0.6 is 11.8 Å². The average molecular weight is 248 g/mol. The van der Waals surface area contributed by atoms with Crippen LogP contribution in [0.1, 0.15) is 5.56 Å². The fourth-order valence-electron chi connectivity index (χ4n) is 1.51. The highest BCUT2D eigenvalue weighted by Gasteiger charge is 2.05. The molecule has 0 fully saturated rings. The van der Waals surface area contributed by atoms with Gasteiger partial charge in [0.05, 0.1) is 0 Å². The van der Waals surface area contributed by atoms with Gasteiger partial charge in [0.1, 0.15) is 5.82 Å². The maximum atomic E-state index is 13.2. The van der Waals surface area contributed by atoms with Crippen LogP contribution in [0.15, 0.2) is 52.5 Å². The van der Waals surface area contributed by atoms with E-state index in [9.17, 15) is 4.39 Å². The molecule has 1 heterocycles. The van der Waals surface area contributed by atoms with Crippen LogP contribution < -0.4 is 5.32 Å². The number of aromatic nitrogens is 1. The zero-order valence-electron chi connectivity index (χ0n) is 9.48. The molecule has 0 saturated heterocycles. The summed E-state index contributed by atoms with van der Waals surface area (Å²) in [6.07, 6.45) is 3.51. The summed E-state index contributed by atoms with van der Waals surface area (Å²) in [5.74, 6) is -0.200. The van der Waals surface area contributed by atoms with E-state index in [0.717, 1.165) is 15.4 Å². The third-order valence-electron chi connectivity index (χ3n) is 2.27. The second kappa shape index (κ2) is 5.80. The minimum atomic E-state index is -0.200. The van der Waals surface area contributed by atoms with E-state index in [-0.39, 0.29) is 5.82 Å². The maximum absolute atomic E-state index is 13.2. The van der Waals surface area contributed by atoms with E-state index in [1.807, 2.05) is 25.2 Å².